The summed E-state index contributed by atoms with van der Waals surface area (Å²) < 4.78 is 0. The van der Waals surface area contributed by atoms with E-state index >= 15 is 0 Å². The Hall–Kier alpha value is -2.94. The van der Waals surface area contributed by atoms with Crippen molar-refractivity contribution in [2.45, 2.75) is 0 Å². The second-order valence-corrected chi connectivity index (χ2v) is 4.71. The highest BCUT2D eigenvalue weighted by Crippen LogP contribution is 2.31. The van der Waals surface area contributed by atoms with Gasteiger partial charge in [-0.2, -0.15) is 0 Å². The fourth-order valence-electron chi connectivity index (χ4n) is 2.10. The van der Waals surface area contributed by atoms with Gasteiger partial charge < -0.3 is 15.7 Å². The van der Waals surface area contributed by atoms with E-state index in [1.165, 1.54) is 0 Å². The number of hydrogen-bond acceptors (Lipinski definition) is 3. The number of nitrogens with one attached hydrogen (secondary N) is 2. The Morgan fingerprint density at radius 1 is 0.571 bits per heavy atom. The Morgan fingerprint density at radius 3 is 1.67 bits per heavy atom. The molecule has 0 bridgehead atoms. The Bertz CT molecular complexity index is 712. The Morgan fingerprint density at radius 2 is 1.10 bits per heavy atom. The van der Waals surface area contributed by atoms with E-state index in [-0.39, 0.29) is 5.75 Å². The predicted molar refractivity (Wildman–Crippen MR) is 87.6 cm³/mol. The first kappa shape index (κ1) is 13.1. The number of phenols is 1. The van der Waals surface area contributed by atoms with Gasteiger partial charge in [0, 0.05) is 17.4 Å². The molecule has 3 nitrogen and oxygen atoms in total. The lowest BCUT2D eigenvalue weighted by Crippen LogP contribution is -1.97. The van der Waals surface area contributed by atoms with E-state index in [9.17, 15) is 5.11 Å². The number of aromatic hydroxyl groups is 1. The topological polar surface area (TPSA) is 44.3 Å². The Kier molecular flexibility index (Phi) is 3.74. The summed E-state index contributed by atoms with van der Waals surface area (Å²) in [5, 5.41) is 16.4. The molecule has 0 saturated carbocycles. The molecule has 3 N–H and O–H groups in total. The average Bonchev–Trinajstić information content (AvgIpc) is 2.52. The van der Waals surface area contributed by atoms with Crippen molar-refractivity contribution in [1.82, 2.24) is 0 Å². The van der Waals surface area contributed by atoms with Crippen LogP contribution in [0.15, 0.2) is 78.9 Å². The molecule has 3 rings (SSSR count). The van der Waals surface area contributed by atoms with Crippen LogP contribution in [0.5, 0.6) is 5.75 Å². The van der Waals surface area contributed by atoms with Crippen molar-refractivity contribution in [3.8, 4) is 5.75 Å². The monoisotopic (exact) mass is 276 g/mol. The van der Waals surface area contributed by atoms with Crippen molar-refractivity contribution in [3.05, 3.63) is 78.9 Å². The minimum absolute atomic E-state index is 0.229. The number of hydrogen-bond donors (Lipinski definition) is 3. The molecule has 0 saturated heterocycles. The van der Waals surface area contributed by atoms with Crippen LogP contribution in [0.2, 0.25) is 0 Å². The normalized spacial score (nSPS) is 10.1. The fraction of sp³-hybridized carbons (Fsp3) is 0. The standard InChI is InChI=1S/C18H16N2O/c21-16-11-12-17(19-14-7-3-1-4-8-14)18(13-16)20-15-9-5-2-6-10-15/h1-13,19-21H. The lowest BCUT2D eigenvalue weighted by molar-refractivity contribution is 0.475. The molecule has 0 aromatic heterocycles. The quantitative estimate of drug-likeness (QED) is 0.595. The van der Waals surface area contributed by atoms with Crippen LogP contribution >= 0.6 is 0 Å². The summed E-state index contributed by atoms with van der Waals surface area (Å²) in [4.78, 5) is 0. The molecular weight excluding hydrogens is 260 g/mol. The second kappa shape index (κ2) is 6.01. The van der Waals surface area contributed by atoms with Crippen LogP contribution in [0.25, 0.3) is 0 Å². The van der Waals surface area contributed by atoms with E-state index in [0.717, 1.165) is 22.7 Å². The molecule has 0 radical (unpaired) electrons. The van der Waals surface area contributed by atoms with Crippen LogP contribution in [0, 0.1) is 0 Å². The molecule has 0 heterocycles. The summed E-state index contributed by atoms with van der Waals surface area (Å²) >= 11 is 0. The van der Waals surface area contributed by atoms with E-state index in [1.807, 2.05) is 66.7 Å². The van der Waals surface area contributed by atoms with Crippen molar-refractivity contribution < 1.29 is 5.11 Å². The molecule has 0 aliphatic carbocycles. The van der Waals surface area contributed by atoms with Gasteiger partial charge in [-0.3, -0.25) is 0 Å². The van der Waals surface area contributed by atoms with Crippen LogP contribution in [0.1, 0.15) is 0 Å². The zero-order valence-corrected chi connectivity index (χ0v) is 11.5. The summed E-state index contributed by atoms with van der Waals surface area (Å²) in [5.74, 6) is 0.229. The molecule has 0 unspecified atom stereocenters. The lowest BCUT2D eigenvalue weighted by atomic mass is 10.2. The zero-order valence-electron chi connectivity index (χ0n) is 11.5. The van der Waals surface area contributed by atoms with E-state index in [2.05, 4.69) is 10.6 Å². The number of phenolic OH excluding ortho intramolecular Hbond substituents is 1. The molecule has 3 aromatic carbocycles. The highest BCUT2D eigenvalue weighted by molar-refractivity contribution is 5.79. The Labute approximate surface area is 123 Å². The first-order valence-electron chi connectivity index (χ1n) is 6.78. The third-order valence-electron chi connectivity index (χ3n) is 3.11. The molecule has 21 heavy (non-hydrogen) atoms. The summed E-state index contributed by atoms with van der Waals surface area (Å²) in [6, 6.07) is 25.0. The van der Waals surface area contributed by atoms with Gasteiger partial charge in [0.05, 0.1) is 11.4 Å². The SMILES string of the molecule is Oc1ccc(Nc2ccccc2)c(Nc2ccccc2)c1. The van der Waals surface area contributed by atoms with Crippen LogP contribution in [-0.4, -0.2) is 5.11 Å². The van der Waals surface area contributed by atoms with Crippen LogP contribution in [0.3, 0.4) is 0 Å². The van der Waals surface area contributed by atoms with Gasteiger partial charge in [-0.1, -0.05) is 36.4 Å². The molecule has 3 aromatic rings. The van der Waals surface area contributed by atoms with Crippen molar-refractivity contribution in [3.63, 3.8) is 0 Å². The maximum absolute atomic E-state index is 9.71. The molecule has 0 spiro atoms. The zero-order chi connectivity index (χ0) is 14.5. The lowest BCUT2D eigenvalue weighted by Gasteiger charge is -2.14. The first-order valence-corrected chi connectivity index (χ1v) is 6.78. The molecule has 0 fully saturated rings. The summed E-state index contributed by atoms with van der Waals surface area (Å²) in [6.07, 6.45) is 0. The fourth-order valence-corrected chi connectivity index (χ4v) is 2.10. The van der Waals surface area contributed by atoms with Gasteiger partial charge in [0.15, 0.2) is 0 Å². The molecule has 0 amide bonds. The average molecular weight is 276 g/mol. The summed E-state index contributed by atoms with van der Waals surface area (Å²) in [7, 11) is 0. The molecule has 104 valence electrons. The van der Waals surface area contributed by atoms with Crippen LogP contribution < -0.4 is 10.6 Å². The molecule has 3 heteroatoms. The van der Waals surface area contributed by atoms with E-state index < -0.39 is 0 Å². The largest absolute Gasteiger partial charge is 0.508 e. The third-order valence-corrected chi connectivity index (χ3v) is 3.11. The predicted octanol–water partition coefficient (Wildman–Crippen LogP) is 4.88. The van der Waals surface area contributed by atoms with Gasteiger partial charge in [-0.05, 0) is 36.4 Å². The minimum Gasteiger partial charge on any atom is -0.508 e. The number of benzene rings is 3. The van der Waals surface area contributed by atoms with Crippen molar-refractivity contribution in [1.29, 1.82) is 0 Å². The van der Waals surface area contributed by atoms with Gasteiger partial charge in [-0.15, -0.1) is 0 Å². The third kappa shape index (κ3) is 3.34. The van der Waals surface area contributed by atoms with Gasteiger partial charge in [0.1, 0.15) is 5.75 Å². The van der Waals surface area contributed by atoms with Gasteiger partial charge in [0.25, 0.3) is 0 Å². The van der Waals surface area contributed by atoms with Gasteiger partial charge >= 0.3 is 0 Å². The van der Waals surface area contributed by atoms with Crippen molar-refractivity contribution in [2.75, 3.05) is 10.6 Å². The van der Waals surface area contributed by atoms with Crippen LogP contribution in [-0.2, 0) is 0 Å². The summed E-state index contributed by atoms with van der Waals surface area (Å²) in [5.41, 5.74) is 3.70. The highest BCUT2D eigenvalue weighted by Gasteiger charge is 2.05. The Balaban J connectivity index is 1.90. The highest BCUT2D eigenvalue weighted by atomic mass is 16.3. The van der Waals surface area contributed by atoms with Crippen LogP contribution in [0.4, 0.5) is 22.7 Å². The van der Waals surface area contributed by atoms with Gasteiger partial charge in [-0.25, -0.2) is 0 Å². The second-order valence-electron chi connectivity index (χ2n) is 4.71. The minimum atomic E-state index is 0.229. The molecule has 0 aliphatic rings. The maximum atomic E-state index is 9.71. The van der Waals surface area contributed by atoms with Crippen molar-refractivity contribution >= 4 is 22.7 Å². The van der Waals surface area contributed by atoms with E-state index in [0.29, 0.717) is 0 Å². The van der Waals surface area contributed by atoms with E-state index in [1.54, 1.807) is 12.1 Å². The van der Waals surface area contributed by atoms with Crippen molar-refractivity contribution in [2.24, 2.45) is 0 Å². The molecular formula is C18H16N2O. The smallest absolute Gasteiger partial charge is 0.117 e. The maximum Gasteiger partial charge on any atom is 0.117 e. The first-order chi connectivity index (χ1) is 10.3. The van der Waals surface area contributed by atoms with Gasteiger partial charge in [0.2, 0.25) is 0 Å². The number of anilines is 4. The molecule has 0 atom stereocenters. The number of rotatable bonds is 4. The molecule has 0 aliphatic heterocycles. The summed E-state index contributed by atoms with van der Waals surface area (Å²) in [6.45, 7) is 0. The van der Waals surface area contributed by atoms with E-state index in [4.69, 9.17) is 0 Å². The number of para-hydroxylation sites is 2.